The standard InChI is InChI=1S/C14H16BrF2NO/c15-11-3-4-12(16)10(13(11)17)7-14(19)5-6-18(8-14)9-1-2-9/h3-4,9,19H,1-2,5-8H2. The molecule has 1 aromatic rings. The normalized spacial score (nSPS) is 28.0. The number of hydrogen-bond donors (Lipinski definition) is 1. The second-order valence-corrected chi connectivity index (χ2v) is 6.53. The van der Waals surface area contributed by atoms with Crippen LogP contribution in [0.15, 0.2) is 16.6 Å². The van der Waals surface area contributed by atoms with E-state index >= 15 is 0 Å². The summed E-state index contributed by atoms with van der Waals surface area (Å²) in [6, 6.07) is 3.16. The van der Waals surface area contributed by atoms with E-state index in [0.29, 0.717) is 19.0 Å². The molecule has 1 aromatic carbocycles. The van der Waals surface area contributed by atoms with Crippen LogP contribution in [-0.4, -0.2) is 34.7 Å². The minimum absolute atomic E-state index is 0.0190. The van der Waals surface area contributed by atoms with Crippen LogP contribution in [0.5, 0.6) is 0 Å². The van der Waals surface area contributed by atoms with E-state index in [1.165, 1.54) is 25.0 Å². The molecule has 2 aliphatic rings. The van der Waals surface area contributed by atoms with Gasteiger partial charge in [0.25, 0.3) is 0 Å². The predicted octanol–water partition coefficient (Wildman–Crippen LogP) is 2.87. The van der Waals surface area contributed by atoms with E-state index < -0.39 is 17.2 Å². The van der Waals surface area contributed by atoms with Gasteiger partial charge in [0.05, 0.1) is 10.1 Å². The van der Waals surface area contributed by atoms with E-state index in [4.69, 9.17) is 0 Å². The molecule has 0 amide bonds. The summed E-state index contributed by atoms with van der Waals surface area (Å²) in [4.78, 5) is 2.23. The Morgan fingerprint density at radius 3 is 2.79 bits per heavy atom. The maximum Gasteiger partial charge on any atom is 0.143 e. The molecule has 1 unspecified atom stereocenters. The number of hydrogen-bond acceptors (Lipinski definition) is 2. The molecule has 3 rings (SSSR count). The fourth-order valence-electron chi connectivity index (χ4n) is 2.84. The molecule has 5 heteroatoms. The van der Waals surface area contributed by atoms with E-state index in [-0.39, 0.29) is 16.5 Å². The van der Waals surface area contributed by atoms with Gasteiger partial charge in [-0.05, 0) is 47.3 Å². The molecular weight excluding hydrogens is 316 g/mol. The van der Waals surface area contributed by atoms with Crippen LogP contribution in [0.25, 0.3) is 0 Å². The molecule has 0 bridgehead atoms. The summed E-state index contributed by atoms with van der Waals surface area (Å²) < 4.78 is 27.9. The molecule has 1 N–H and O–H groups in total. The summed E-state index contributed by atoms with van der Waals surface area (Å²) in [5, 5.41) is 10.5. The fourth-order valence-corrected chi connectivity index (χ4v) is 3.22. The van der Waals surface area contributed by atoms with Crippen molar-refractivity contribution in [3.63, 3.8) is 0 Å². The molecular formula is C14H16BrF2NO. The molecule has 1 aliphatic heterocycles. The molecule has 1 saturated carbocycles. The Hall–Kier alpha value is -0.520. The maximum absolute atomic E-state index is 13.9. The van der Waals surface area contributed by atoms with E-state index in [1.54, 1.807) is 0 Å². The van der Waals surface area contributed by atoms with Crippen molar-refractivity contribution >= 4 is 15.9 Å². The Morgan fingerprint density at radius 1 is 1.37 bits per heavy atom. The van der Waals surface area contributed by atoms with Crippen molar-refractivity contribution in [3.05, 3.63) is 33.8 Å². The third kappa shape index (κ3) is 2.69. The van der Waals surface area contributed by atoms with Crippen LogP contribution in [0.4, 0.5) is 8.78 Å². The summed E-state index contributed by atoms with van der Waals surface area (Å²) >= 11 is 3.06. The molecule has 1 aliphatic carbocycles. The fraction of sp³-hybridized carbons (Fsp3) is 0.571. The van der Waals surface area contributed by atoms with E-state index in [2.05, 4.69) is 20.8 Å². The first-order valence-electron chi connectivity index (χ1n) is 6.57. The van der Waals surface area contributed by atoms with Crippen LogP contribution in [0.3, 0.4) is 0 Å². The summed E-state index contributed by atoms with van der Waals surface area (Å²) in [6.45, 7) is 1.33. The largest absolute Gasteiger partial charge is 0.388 e. The van der Waals surface area contributed by atoms with Crippen LogP contribution in [0.1, 0.15) is 24.8 Å². The first-order chi connectivity index (χ1) is 8.98. The lowest BCUT2D eigenvalue weighted by Crippen LogP contribution is -2.36. The third-order valence-corrected chi connectivity index (χ3v) is 4.68. The summed E-state index contributed by atoms with van der Waals surface area (Å²) in [5.41, 5.74) is -1.03. The van der Waals surface area contributed by atoms with Gasteiger partial charge in [-0.3, -0.25) is 4.90 Å². The number of aliphatic hydroxyl groups is 1. The van der Waals surface area contributed by atoms with Crippen LogP contribution < -0.4 is 0 Å². The summed E-state index contributed by atoms with van der Waals surface area (Å²) in [7, 11) is 0. The quantitative estimate of drug-likeness (QED) is 0.861. The SMILES string of the molecule is OC1(Cc2c(F)ccc(Br)c2F)CCN(C2CC2)C1. The van der Waals surface area contributed by atoms with Crippen molar-refractivity contribution in [1.29, 1.82) is 0 Å². The lowest BCUT2D eigenvalue weighted by Gasteiger charge is -2.24. The van der Waals surface area contributed by atoms with Gasteiger partial charge in [0.1, 0.15) is 11.6 Å². The van der Waals surface area contributed by atoms with E-state index in [0.717, 1.165) is 6.54 Å². The van der Waals surface area contributed by atoms with Crippen LogP contribution >= 0.6 is 15.9 Å². The van der Waals surface area contributed by atoms with Gasteiger partial charge in [-0.1, -0.05) is 0 Å². The minimum atomic E-state index is -1.01. The van der Waals surface area contributed by atoms with Crippen molar-refractivity contribution in [3.8, 4) is 0 Å². The van der Waals surface area contributed by atoms with Gasteiger partial charge in [-0.2, -0.15) is 0 Å². The third-order valence-electron chi connectivity index (χ3n) is 4.07. The number of likely N-dealkylation sites (tertiary alicyclic amines) is 1. The monoisotopic (exact) mass is 331 g/mol. The summed E-state index contributed by atoms with van der Waals surface area (Å²) in [5.74, 6) is -1.18. The molecule has 2 nitrogen and oxygen atoms in total. The van der Waals surface area contributed by atoms with Crippen LogP contribution in [-0.2, 0) is 6.42 Å². The Morgan fingerprint density at radius 2 is 2.11 bits per heavy atom. The molecule has 0 radical (unpaired) electrons. The number of nitrogens with zero attached hydrogens (tertiary/aromatic N) is 1. The zero-order valence-corrected chi connectivity index (χ0v) is 12.1. The Kier molecular flexibility index (Phi) is 3.39. The highest BCUT2D eigenvalue weighted by Crippen LogP contribution is 2.36. The topological polar surface area (TPSA) is 23.5 Å². The number of β-amino-alcohol motifs (C(OH)–C–C–N with tert-alkyl or cyclic N) is 1. The van der Waals surface area contributed by atoms with Gasteiger partial charge in [-0.15, -0.1) is 0 Å². The van der Waals surface area contributed by atoms with E-state index in [1.807, 2.05) is 0 Å². The predicted molar refractivity (Wildman–Crippen MR) is 71.9 cm³/mol. The lowest BCUT2D eigenvalue weighted by atomic mass is 9.93. The zero-order valence-electron chi connectivity index (χ0n) is 10.5. The van der Waals surface area contributed by atoms with Crippen molar-refractivity contribution in [2.24, 2.45) is 0 Å². The Labute approximate surface area is 119 Å². The molecule has 1 atom stereocenters. The second kappa shape index (κ2) is 4.79. The van der Waals surface area contributed by atoms with Crippen molar-refractivity contribution in [2.45, 2.75) is 37.3 Å². The average molecular weight is 332 g/mol. The van der Waals surface area contributed by atoms with Gasteiger partial charge in [0.2, 0.25) is 0 Å². The highest BCUT2D eigenvalue weighted by Gasteiger charge is 2.42. The van der Waals surface area contributed by atoms with E-state index in [9.17, 15) is 13.9 Å². The van der Waals surface area contributed by atoms with Gasteiger partial charge in [-0.25, -0.2) is 8.78 Å². The minimum Gasteiger partial charge on any atom is -0.388 e. The maximum atomic E-state index is 13.9. The first-order valence-corrected chi connectivity index (χ1v) is 7.37. The van der Waals surface area contributed by atoms with Gasteiger partial charge < -0.3 is 5.11 Å². The van der Waals surface area contributed by atoms with Crippen molar-refractivity contribution < 1.29 is 13.9 Å². The first kappa shape index (κ1) is 13.5. The smallest absolute Gasteiger partial charge is 0.143 e. The Bertz CT molecular complexity index is 506. The number of benzene rings is 1. The van der Waals surface area contributed by atoms with Crippen molar-refractivity contribution in [1.82, 2.24) is 4.90 Å². The number of rotatable bonds is 3. The molecule has 19 heavy (non-hydrogen) atoms. The average Bonchev–Trinajstić information content (AvgIpc) is 3.15. The molecule has 0 spiro atoms. The molecule has 1 saturated heterocycles. The second-order valence-electron chi connectivity index (χ2n) is 5.67. The van der Waals surface area contributed by atoms with Crippen molar-refractivity contribution in [2.75, 3.05) is 13.1 Å². The number of halogens is 3. The molecule has 2 fully saturated rings. The lowest BCUT2D eigenvalue weighted by molar-refractivity contribution is 0.0469. The van der Waals surface area contributed by atoms with Gasteiger partial charge >= 0.3 is 0 Å². The van der Waals surface area contributed by atoms with Gasteiger partial charge in [0.15, 0.2) is 0 Å². The highest BCUT2D eigenvalue weighted by molar-refractivity contribution is 9.10. The Balaban J connectivity index is 1.79. The van der Waals surface area contributed by atoms with Crippen LogP contribution in [0.2, 0.25) is 0 Å². The summed E-state index contributed by atoms with van der Waals surface area (Å²) in [6.07, 6.45) is 2.97. The van der Waals surface area contributed by atoms with Crippen LogP contribution in [0, 0.1) is 11.6 Å². The highest BCUT2D eigenvalue weighted by atomic mass is 79.9. The molecule has 1 heterocycles. The molecule has 104 valence electrons. The zero-order chi connectivity index (χ0) is 13.6. The van der Waals surface area contributed by atoms with Gasteiger partial charge in [0, 0.05) is 31.1 Å². The molecule has 0 aromatic heterocycles.